The Morgan fingerprint density at radius 1 is 0.620 bits per heavy atom. The van der Waals surface area contributed by atoms with E-state index in [9.17, 15) is 24.2 Å². The molecule has 3 N–H and O–H groups in total. The van der Waals surface area contributed by atoms with Gasteiger partial charge in [-0.15, -0.1) is 0 Å². The van der Waals surface area contributed by atoms with Gasteiger partial charge in [-0.1, -0.05) is 118 Å². The number of hydrogen-bond acceptors (Lipinski definition) is 9. The highest BCUT2D eigenvalue weighted by Crippen LogP contribution is 2.43. The van der Waals surface area contributed by atoms with Crippen LogP contribution in [-0.2, 0) is 32.7 Å². The fourth-order valence-corrected chi connectivity index (χ4v) is 4.92. The van der Waals surface area contributed by atoms with Gasteiger partial charge in [0.2, 0.25) is 0 Å². The number of allylic oxidation sites excluding steroid dienone is 14. The molecule has 284 valence electrons. The molecule has 0 aliphatic heterocycles. The highest BCUT2D eigenvalue weighted by Gasteiger charge is 2.27. The smallest absolute Gasteiger partial charge is 0.462 e. The molecule has 10 nitrogen and oxygen atoms in total. The maximum atomic E-state index is 12.5. The molecule has 0 heterocycles. The van der Waals surface area contributed by atoms with Crippen molar-refractivity contribution < 1.29 is 47.8 Å². The van der Waals surface area contributed by atoms with Crippen LogP contribution in [0.3, 0.4) is 0 Å². The summed E-state index contributed by atoms with van der Waals surface area (Å²) in [5, 5.41) is 18.2. The maximum Gasteiger partial charge on any atom is 0.472 e. The predicted octanol–water partition coefficient (Wildman–Crippen LogP) is 8.71. The van der Waals surface area contributed by atoms with Gasteiger partial charge in [0.15, 0.2) is 6.10 Å². The highest BCUT2D eigenvalue weighted by atomic mass is 31.2. The summed E-state index contributed by atoms with van der Waals surface area (Å²) < 4.78 is 32.5. The maximum absolute atomic E-state index is 12.5. The van der Waals surface area contributed by atoms with Crippen LogP contribution in [0.15, 0.2) is 85.1 Å². The molecule has 0 fully saturated rings. The summed E-state index contributed by atoms with van der Waals surface area (Å²) in [6.45, 7) is 2.00. The fraction of sp³-hybridized carbons (Fsp3) is 0.590. The van der Waals surface area contributed by atoms with Gasteiger partial charge in [-0.3, -0.25) is 18.6 Å². The lowest BCUT2D eigenvalue weighted by molar-refractivity contribution is -0.161. The second-order valence-corrected chi connectivity index (χ2v) is 13.0. The van der Waals surface area contributed by atoms with E-state index < -0.39 is 51.8 Å². The van der Waals surface area contributed by atoms with E-state index in [0.29, 0.717) is 12.8 Å². The molecule has 0 saturated carbocycles. The van der Waals surface area contributed by atoms with Crippen molar-refractivity contribution in [2.24, 2.45) is 0 Å². The van der Waals surface area contributed by atoms with Crippen molar-refractivity contribution in [3.8, 4) is 0 Å². The Kier molecular flexibility index (Phi) is 32.6. The minimum atomic E-state index is -4.63. The SMILES string of the molecule is CC/C=C/C=C/C=C/C=C/CCCCCC(=O)OC(COC(=O)CCCCCC/C=C/C/C=C/C/C=C/CC)COP(=O)(O)OC[C@@H](O)CO. The van der Waals surface area contributed by atoms with Gasteiger partial charge in [-0.05, 0) is 64.2 Å². The van der Waals surface area contributed by atoms with Crippen LogP contribution in [0.1, 0.15) is 110 Å². The van der Waals surface area contributed by atoms with Crippen molar-refractivity contribution in [2.75, 3.05) is 26.4 Å². The first-order chi connectivity index (χ1) is 24.2. The van der Waals surface area contributed by atoms with Crippen LogP contribution >= 0.6 is 7.82 Å². The van der Waals surface area contributed by atoms with Crippen LogP contribution in [0, 0.1) is 0 Å². The highest BCUT2D eigenvalue weighted by molar-refractivity contribution is 7.47. The summed E-state index contributed by atoms with van der Waals surface area (Å²) in [5.74, 6) is -1.01. The van der Waals surface area contributed by atoms with E-state index in [4.69, 9.17) is 19.1 Å². The molecule has 0 spiro atoms. The van der Waals surface area contributed by atoms with E-state index in [2.05, 4.69) is 67.0 Å². The van der Waals surface area contributed by atoms with Crippen molar-refractivity contribution in [1.82, 2.24) is 0 Å². The lowest BCUT2D eigenvalue weighted by atomic mass is 10.1. The van der Waals surface area contributed by atoms with E-state index in [0.717, 1.165) is 70.6 Å². The number of hydrogen-bond donors (Lipinski definition) is 3. The standard InChI is InChI=1S/C39H63O10P/c1-3-5-7-9-11-13-15-17-19-20-22-24-26-28-30-38(42)46-34-37(35-48-50(44,45)47-33-36(41)32-40)49-39(43)31-29-27-25-23-21-18-16-14-12-10-8-6-4-2/h5-8,10-14,16-19,21,36-37,40-41H,3-4,9,15,20,22-35H2,1-2H3,(H,44,45)/b7-5+,8-6+,12-10+,13-11+,16-14+,19-17+,21-18+/t36-,37?/m0/s1. The van der Waals surface area contributed by atoms with Gasteiger partial charge in [-0.25, -0.2) is 4.57 Å². The summed E-state index contributed by atoms with van der Waals surface area (Å²) in [6.07, 6.45) is 38.5. The zero-order chi connectivity index (χ0) is 37.0. The number of ether oxygens (including phenoxy) is 2. The van der Waals surface area contributed by atoms with Crippen molar-refractivity contribution in [1.29, 1.82) is 0 Å². The number of aliphatic hydroxyl groups is 2. The molecule has 0 radical (unpaired) electrons. The molecule has 3 atom stereocenters. The van der Waals surface area contributed by atoms with E-state index in [1.165, 1.54) is 0 Å². The number of phosphoric ester groups is 1. The number of rotatable bonds is 32. The van der Waals surface area contributed by atoms with Gasteiger partial charge in [0.05, 0.1) is 19.8 Å². The number of esters is 2. The molecule has 0 bridgehead atoms. The summed E-state index contributed by atoms with van der Waals surface area (Å²) in [5.41, 5.74) is 0. The van der Waals surface area contributed by atoms with Crippen molar-refractivity contribution >= 4 is 19.8 Å². The largest absolute Gasteiger partial charge is 0.472 e. The number of phosphoric acid groups is 1. The Morgan fingerprint density at radius 2 is 1.14 bits per heavy atom. The average molecular weight is 723 g/mol. The fourth-order valence-electron chi connectivity index (χ4n) is 4.13. The van der Waals surface area contributed by atoms with Gasteiger partial charge < -0.3 is 24.6 Å². The third kappa shape index (κ3) is 33.6. The molecule has 0 aromatic heterocycles. The first-order valence-electron chi connectivity index (χ1n) is 18.1. The molecule has 0 aliphatic rings. The zero-order valence-electron chi connectivity index (χ0n) is 30.3. The van der Waals surface area contributed by atoms with Crippen LogP contribution in [0.4, 0.5) is 0 Å². The van der Waals surface area contributed by atoms with E-state index in [-0.39, 0.29) is 19.4 Å². The first-order valence-corrected chi connectivity index (χ1v) is 19.6. The quantitative estimate of drug-likeness (QED) is 0.0202. The molecular weight excluding hydrogens is 659 g/mol. The van der Waals surface area contributed by atoms with Crippen molar-refractivity contribution in [3.05, 3.63) is 85.1 Å². The Hall–Kier alpha value is -2.85. The molecule has 0 saturated heterocycles. The lowest BCUT2D eigenvalue weighted by Crippen LogP contribution is -2.29. The minimum Gasteiger partial charge on any atom is -0.462 e. The summed E-state index contributed by atoms with van der Waals surface area (Å²) in [7, 11) is -4.63. The molecule has 0 amide bonds. The monoisotopic (exact) mass is 722 g/mol. The molecule has 50 heavy (non-hydrogen) atoms. The summed E-state index contributed by atoms with van der Waals surface area (Å²) >= 11 is 0. The Morgan fingerprint density at radius 3 is 1.80 bits per heavy atom. The third-order valence-electron chi connectivity index (χ3n) is 6.89. The third-order valence-corrected chi connectivity index (χ3v) is 7.84. The van der Waals surface area contributed by atoms with Crippen LogP contribution in [0.5, 0.6) is 0 Å². The van der Waals surface area contributed by atoms with E-state index in [1.54, 1.807) is 0 Å². The predicted molar refractivity (Wildman–Crippen MR) is 200 cm³/mol. The molecule has 0 aromatic rings. The summed E-state index contributed by atoms with van der Waals surface area (Å²) in [6, 6.07) is 0. The normalized spacial score (nSPS) is 15.1. The molecule has 0 aliphatic carbocycles. The number of unbranched alkanes of at least 4 members (excludes halogenated alkanes) is 7. The van der Waals surface area contributed by atoms with Crippen molar-refractivity contribution in [2.45, 2.75) is 122 Å². The van der Waals surface area contributed by atoms with Crippen LogP contribution in [0.2, 0.25) is 0 Å². The van der Waals surface area contributed by atoms with Gasteiger partial charge in [0, 0.05) is 12.8 Å². The number of carbonyl (C=O) groups excluding carboxylic acids is 2. The van der Waals surface area contributed by atoms with Crippen LogP contribution < -0.4 is 0 Å². The van der Waals surface area contributed by atoms with Gasteiger partial charge in [-0.2, -0.15) is 0 Å². The van der Waals surface area contributed by atoms with Gasteiger partial charge in [0.1, 0.15) is 12.7 Å². The Balaban J connectivity index is 4.53. The van der Waals surface area contributed by atoms with Gasteiger partial charge in [0.25, 0.3) is 0 Å². The van der Waals surface area contributed by atoms with Gasteiger partial charge >= 0.3 is 19.8 Å². The average Bonchev–Trinajstić information content (AvgIpc) is 3.10. The van der Waals surface area contributed by atoms with Crippen molar-refractivity contribution in [3.63, 3.8) is 0 Å². The molecule has 0 aromatic carbocycles. The second-order valence-electron chi connectivity index (χ2n) is 11.6. The van der Waals surface area contributed by atoms with Crippen LogP contribution in [-0.4, -0.2) is 65.7 Å². The Bertz CT molecular complexity index is 1110. The zero-order valence-corrected chi connectivity index (χ0v) is 31.2. The van der Waals surface area contributed by atoms with E-state index in [1.807, 2.05) is 36.5 Å². The second kappa shape index (κ2) is 34.6. The lowest BCUT2D eigenvalue weighted by Gasteiger charge is -2.20. The summed E-state index contributed by atoms with van der Waals surface area (Å²) in [4.78, 5) is 34.8. The number of carbonyl (C=O) groups is 2. The molecule has 0 rings (SSSR count). The molecular formula is C39H63O10P. The first kappa shape index (κ1) is 47.1. The number of aliphatic hydroxyl groups excluding tert-OH is 2. The Labute approximate surface area is 300 Å². The minimum absolute atomic E-state index is 0.128. The van der Waals surface area contributed by atoms with Crippen LogP contribution in [0.25, 0.3) is 0 Å². The van der Waals surface area contributed by atoms with E-state index >= 15 is 0 Å². The molecule has 2 unspecified atom stereocenters. The topological polar surface area (TPSA) is 149 Å². The molecule has 11 heteroatoms.